The van der Waals surface area contributed by atoms with Gasteiger partial charge in [0.15, 0.2) is 6.23 Å². The number of hydrogen-bond acceptors (Lipinski definition) is 7. The van der Waals surface area contributed by atoms with Gasteiger partial charge in [-0.25, -0.2) is 26.7 Å². The second kappa shape index (κ2) is 14.0. The second-order valence-corrected chi connectivity index (χ2v) is 10.3. The van der Waals surface area contributed by atoms with Crippen LogP contribution >= 0.6 is 0 Å². The van der Waals surface area contributed by atoms with Crippen molar-refractivity contribution in [2.24, 2.45) is 0 Å². The van der Waals surface area contributed by atoms with Crippen LogP contribution in [0.15, 0.2) is 60.7 Å². The Morgan fingerprint density at radius 1 is 0.933 bits per heavy atom. The van der Waals surface area contributed by atoms with Crippen LogP contribution in [-0.4, -0.2) is 26.3 Å². The number of nitrogens with one attached hydrogen (secondary N) is 1. The Hall–Kier alpha value is -5.31. The SMILES string of the molecule is CCCCC(Nc1ccc(C(=O)Oc2cc(F)c(-c3cc(F)c(C#N)c(F)c3)c(F)c2)c(F)c1)Oc1cc(N(C)C)ccc1N. The minimum Gasteiger partial charge on any atom is -0.469 e. The molecule has 0 spiro atoms. The molecule has 0 saturated carbocycles. The van der Waals surface area contributed by atoms with Crippen molar-refractivity contribution in [2.45, 2.75) is 32.4 Å². The van der Waals surface area contributed by atoms with Crippen molar-refractivity contribution in [3.8, 4) is 28.7 Å². The van der Waals surface area contributed by atoms with E-state index in [2.05, 4.69) is 5.32 Å². The number of ether oxygens (including phenoxy) is 2. The van der Waals surface area contributed by atoms with Crippen molar-refractivity contribution in [2.75, 3.05) is 30.0 Å². The highest BCUT2D eigenvalue weighted by molar-refractivity contribution is 5.92. The summed E-state index contributed by atoms with van der Waals surface area (Å²) in [4.78, 5) is 14.6. The Bertz CT molecular complexity index is 1730. The minimum absolute atomic E-state index is 0.288. The molecule has 0 amide bonds. The van der Waals surface area contributed by atoms with Gasteiger partial charge >= 0.3 is 5.97 Å². The zero-order chi connectivity index (χ0) is 32.8. The zero-order valence-corrected chi connectivity index (χ0v) is 24.6. The van der Waals surface area contributed by atoms with Crippen LogP contribution in [0.25, 0.3) is 11.1 Å². The molecule has 0 aliphatic carbocycles. The van der Waals surface area contributed by atoms with E-state index in [4.69, 9.17) is 20.5 Å². The largest absolute Gasteiger partial charge is 0.469 e. The summed E-state index contributed by atoms with van der Waals surface area (Å²) >= 11 is 0. The first-order valence-electron chi connectivity index (χ1n) is 13.8. The molecule has 0 heterocycles. The highest BCUT2D eigenvalue weighted by atomic mass is 19.1. The quantitative estimate of drug-likeness (QED) is 0.0578. The molecule has 0 fully saturated rings. The molecule has 0 aliphatic heterocycles. The first-order valence-corrected chi connectivity index (χ1v) is 13.8. The minimum atomic E-state index is -1.31. The van der Waals surface area contributed by atoms with Gasteiger partial charge in [-0.2, -0.15) is 5.26 Å². The lowest BCUT2D eigenvalue weighted by molar-refractivity contribution is 0.0729. The lowest BCUT2D eigenvalue weighted by Gasteiger charge is -2.23. The standard InChI is InChI=1S/C33H29F5N4O3/c1-4-5-6-31(45-30-14-20(42(2)3)8-10-29(30)40)41-19-7-9-22(26(36)13-19)33(43)44-21-15-27(37)32(28(38)16-21)18-11-24(34)23(17-39)25(35)12-18/h7-16,31,41H,4-6,40H2,1-3H3. The lowest BCUT2D eigenvalue weighted by atomic mass is 10.0. The van der Waals surface area contributed by atoms with Gasteiger partial charge in [-0.3, -0.25) is 0 Å². The fraction of sp³-hybridized carbons (Fsp3) is 0.212. The number of nitriles is 1. The molecule has 0 saturated heterocycles. The van der Waals surface area contributed by atoms with Crippen LogP contribution in [0.4, 0.5) is 39.0 Å². The molecular weight excluding hydrogens is 595 g/mol. The number of nitrogens with two attached hydrogens (primary N) is 1. The van der Waals surface area contributed by atoms with E-state index in [9.17, 15) is 22.4 Å². The molecule has 0 aliphatic rings. The first kappa shape index (κ1) is 32.6. The van der Waals surface area contributed by atoms with Crippen molar-refractivity contribution in [1.82, 2.24) is 0 Å². The maximum atomic E-state index is 15.1. The van der Waals surface area contributed by atoms with Crippen LogP contribution < -0.4 is 25.4 Å². The smallest absolute Gasteiger partial charge is 0.346 e. The summed E-state index contributed by atoms with van der Waals surface area (Å²) in [5, 5.41) is 11.9. The third-order valence-corrected chi connectivity index (χ3v) is 6.79. The topological polar surface area (TPSA) is 101 Å². The average Bonchev–Trinajstić information content (AvgIpc) is 2.96. The van der Waals surface area contributed by atoms with Crippen LogP contribution in [0.3, 0.4) is 0 Å². The molecule has 4 rings (SSSR count). The van der Waals surface area contributed by atoms with Crippen LogP contribution in [0.1, 0.15) is 42.1 Å². The fourth-order valence-corrected chi connectivity index (χ4v) is 4.43. The summed E-state index contributed by atoms with van der Waals surface area (Å²) in [5.74, 6) is -7.62. The van der Waals surface area contributed by atoms with Crippen LogP contribution in [0.2, 0.25) is 0 Å². The van der Waals surface area contributed by atoms with Crippen LogP contribution in [-0.2, 0) is 0 Å². The number of nitrogen functional groups attached to an aromatic ring is 1. The molecule has 1 unspecified atom stereocenters. The van der Waals surface area contributed by atoms with Crippen LogP contribution in [0, 0.1) is 40.4 Å². The number of nitrogens with zero attached hydrogens (tertiary/aromatic N) is 2. The van der Waals surface area contributed by atoms with Gasteiger partial charge in [0.1, 0.15) is 52.2 Å². The molecule has 7 nitrogen and oxygen atoms in total. The highest BCUT2D eigenvalue weighted by Gasteiger charge is 2.22. The molecule has 12 heteroatoms. The lowest BCUT2D eigenvalue weighted by Crippen LogP contribution is -2.27. The molecule has 0 radical (unpaired) electrons. The van der Waals surface area contributed by atoms with Gasteiger partial charge in [-0.05, 0) is 54.4 Å². The summed E-state index contributed by atoms with van der Waals surface area (Å²) in [6.07, 6.45) is 1.63. The van der Waals surface area contributed by atoms with Gasteiger partial charge in [0.25, 0.3) is 0 Å². The fourth-order valence-electron chi connectivity index (χ4n) is 4.43. The van der Waals surface area contributed by atoms with E-state index in [1.807, 2.05) is 32.0 Å². The molecule has 3 N–H and O–H groups in total. The van der Waals surface area contributed by atoms with Gasteiger partial charge in [-0.15, -0.1) is 0 Å². The van der Waals surface area contributed by atoms with E-state index >= 15 is 4.39 Å². The molecule has 4 aromatic rings. The monoisotopic (exact) mass is 624 g/mol. The van der Waals surface area contributed by atoms with Crippen molar-refractivity contribution < 1.29 is 36.2 Å². The number of unbranched alkanes of at least 4 members (excludes halogenated alkanes) is 1. The number of rotatable bonds is 11. The summed E-state index contributed by atoms with van der Waals surface area (Å²) in [6.45, 7) is 2.01. The Balaban J connectivity index is 1.51. The maximum absolute atomic E-state index is 15.1. The molecule has 1 atom stereocenters. The van der Waals surface area contributed by atoms with Gasteiger partial charge in [0.05, 0.1) is 16.8 Å². The van der Waals surface area contributed by atoms with Gasteiger partial charge in [0.2, 0.25) is 0 Å². The van der Waals surface area contributed by atoms with E-state index in [1.54, 1.807) is 12.1 Å². The average molecular weight is 625 g/mol. The summed E-state index contributed by atoms with van der Waals surface area (Å²) < 4.78 is 83.9. The van der Waals surface area contributed by atoms with Crippen LogP contribution in [0.5, 0.6) is 11.5 Å². The van der Waals surface area contributed by atoms with E-state index in [1.165, 1.54) is 12.1 Å². The Labute approximate surface area is 256 Å². The number of esters is 1. The van der Waals surface area contributed by atoms with Gasteiger partial charge in [-0.1, -0.05) is 13.3 Å². The van der Waals surface area contributed by atoms with E-state index in [0.717, 1.165) is 30.7 Å². The molecule has 0 aromatic heterocycles. The normalized spacial score (nSPS) is 11.4. The summed E-state index contributed by atoms with van der Waals surface area (Å²) in [7, 11) is 3.75. The molecule has 0 bridgehead atoms. The summed E-state index contributed by atoms with van der Waals surface area (Å²) in [6, 6.07) is 12.7. The number of anilines is 3. The molecule has 45 heavy (non-hydrogen) atoms. The molecular formula is C33H29F5N4O3. The van der Waals surface area contributed by atoms with Crippen molar-refractivity contribution in [3.63, 3.8) is 0 Å². The predicted molar refractivity (Wildman–Crippen MR) is 161 cm³/mol. The third kappa shape index (κ3) is 7.62. The Morgan fingerprint density at radius 2 is 1.60 bits per heavy atom. The maximum Gasteiger partial charge on any atom is 0.346 e. The number of benzene rings is 4. The number of carbonyl (C=O) groups is 1. The van der Waals surface area contributed by atoms with Crippen molar-refractivity contribution >= 4 is 23.0 Å². The Morgan fingerprint density at radius 3 is 2.18 bits per heavy atom. The molecule has 4 aromatic carbocycles. The van der Waals surface area contributed by atoms with Crippen molar-refractivity contribution in [3.05, 3.63) is 101 Å². The number of halogens is 5. The number of hydrogen-bond donors (Lipinski definition) is 2. The first-order chi connectivity index (χ1) is 21.4. The summed E-state index contributed by atoms with van der Waals surface area (Å²) in [5.41, 5.74) is 4.94. The van der Waals surface area contributed by atoms with E-state index in [0.29, 0.717) is 42.1 Å². The van der Waals surface area contributed by atoms with Crippen molar-refractivity contribution in [1.29, 1.82) is 5.26 Å². The van der Waals surface area contributed by atoms with E-state index in [-0.39, 0.29) is 5.69 Å². The van der Waals surface area contributed by atoms with Gasteiger partial charge in [0, 0.05) is 50.1 Å². The van der Waals surface area contributed by atoms with E-state index < -0.39 is 69.3 Å². The zero-order valence-electron chi connectivity index (χ0n) is 24.6. The highest BCUT2D eigenvalue weighted by Crippen LogP contribution is 2.33. The Kier molecular flexibility index (Phi) is 10.1. The molecule has 234 valence electrons. The van der Waals surface area contributed by atoms with Gasteiger partial charge < -0.3 is 25.4 Å². The third-order valence-electron chi connectivity index (χ3n) is 6.79. The number of carbonyl (C=O) groups excluding carboxylic acids is 1. The second-order valence-electron chi connectivity index (χ2n) is 10.3. The predicted octanol–water partition coefficient (Wildman–Crippen LogP) is 7.80.